The van der Waals surface area contributed by atoms with Crippen molar-refractivity contribution in [3.63, 3.8) is 0 Å². The summed E-state index contributed by atoms with van der Waals surface area (Å²) in [6.07, 6.45) is -40.4. The first-order valence-electron chi connectivity index (χ1n) is 22.3. The summed E-state index contributed by atoms with van der Waals surface area (Å²) in [5, 5.41) is 0. The highest BCUT2D eigenvalue weighted by atomic mass is 28.3. The van der Waals surface area contributed by atoms with Crippen LogP contribution in [0.15, 0.2) is 0 Å². The van der Waals surface area contributed by atoms with Gasteiger partial charge in [-0.15, -0.1) is 0 Å². The van der Waals surface area contributed by atoms with Crippen molar-refractivity contribution in [3.05, 3.63) is 0 Å². The van der Waals surface area contributed by atoms with Gasteiger partial charge < -0.3 is 0 Å². The number of halogens is 63. The minimum absolute atomic E-state index is 4.06. The van der Waals surface area contributed by atoms with Crippen LogP contribution in [0.1, 0.15) is 19.3 Å². The maximum atomic E-state index is 14.8. The SMILES string of the molecule is FC(F)(F)C(F)(F)C(F)(F)C(F)(F)C(F)(F)C(F)(F)C(F)(F)C(F)(F)C(F)(F)C(F)(F)CC[Si](CCC(F)(F)C(F)(F)C(F)(F)C(F)(F)C(F)(F)C(F)(F)C(F)(F)C(F)(F)C(F)(F)C(F)(F)F)CCC(F)(F)C(F)(F)C(F)(F)C(F)(F)C(F)(F)C(F)(F)C(F)(F)C(F)(F)C(F)(F)C(F)(F)F. The van der Waals surface area contributed by atoms with Crippen molar-refractivity contribution in [1.82, 2.24) is 0 Å². The molecule has 0 aromatic rings. The van der Waals surface area contributed by atoms with Crippen LogP contribution < -0.4 is 0 Å². The van der Waals surface area contributed by atoms with Crippen molar-refractivity contribution in [2.24, 2.45) is 0 Å². The molecule has 0 unspecified atom stereocenters. The zero-order valence-electron chi connectivity index (χ0n) is 43.6. The Labute approximate surface area is 502 Å². The van der Waals surface area contributed by atoms with Crippen LogP contribution in [-0.2, 0) is 0 Å². The van der Waals surface area contributed by atoms with E-state index in [-0.39, 0.29) is 0 Å². The molecule has 0 rings (SSSR count). The third-order valence-electron chi connectivity index (χ3n) is 13.1. The fourth-order valence-electron chi connectivity index (χ4n) is 6.62. The predicted molar refractivity (Wildman–Crippen MR) is 186 cm³/mol. The van der Waals surface area contributed by atoms with E-state index in [0.29, 0.717) is 0 Å². The molecule has 0 bridgehead atoms. The van der Waals surface area contributed by atoms with Gasteiger partial charge in [0.05, 0.1) is 0 Å². The Morgan fingerprint density at radius 3 is 0.280 bits per heavy atom. The molecule has 601 valence electrons. The van der Waals surface area contributed by atoms with E-state index in [9.17, 15) is 277 Å². The Kier molecular flexibility index (Phi) is 23.4. The molecule has 0 fully saturated rings. The van der Waals surface area contributed by atoms with E-state index in [1.807, 2.05) is 0 Å². The monoisotopic (exact) mass is 1670 g/mol. The van der Waals surface area contributed by atoms with Crippen LogP contribution in [-0.4, -0.2) is 187 Å². The molecule has 100 heavy (non-hydrogen) atoms. The standard InChI is InChI=1S/C36H12F63Si/c37-7(38,10(43,44)13(49,50)16(55,56)19(61,62)22(67,68)25(73,74)28(79,80)31(85,86)34(91,92)93)1-4-100(5-2-8(39,40)11(45,46)14(51,52)17(57,58)20(63,64)23(69,70)26(75,76)29(81,82)32(87,88)35(94,95)96)6-3-9(41,42)12(47,48)15(53,54)18(59,60)21(65,66)24(71,72)27(77,78)30(83,84)33(89,90)36(97,98)99/h1-6H2. The molecule has 0 heterocycles. The molecule has 0 aromatic carbocycles. The second-order valence-electron chi connectivity index (χ2n) is 19.6. The Balaban J connectivity index is 8.67. The highest BCUT2D eigenvalue weighted by Gasteiger charge is 3.02. The van der Waals surface area contributed by atoms with Crippen LogP contribution in [0.2, 0.25) is 18.1 Å². The average Bonchev–Trinajstić information content (AvgIpc) is 0.696. The minimum Gasteiger partial charge on any atom is -0.200 e. The van der Waals surface area contributed by atoms with E-state index in [1.54, 1.807) is 0 Å². The third-order valence-corrected chi connectivity index (χ3v) is 16.0. The normalized spacial score (nSPS) is 17.3. The fourth-order valence-corrected chi connectivity index (χ4v) is 9.37. The van der Waals surface area contributed by atoms with Crippen LogP contribution >= 0.6 is 0 Å². The van der Waals surface area contributed by atoms with Gasteiger partial charge in [0.2, 0.25) is 0 Å². The molecule has 0 amide bonds. The second-order valence-corrected chi connectivity index (χ2v) is 22.6. The van der Waals surface area contributed by atoms with Gasteiger partial charge in [-0.1, -0.05) is 18.1 Å². The molecule has 0 nitrogen and oxygen atoms in total. The molecular weight excluding hydrogens is 1660 g/mol. The van der Waals surface area contributed by atoms with Crippen molar-refractivity contribution < 1.29 is 277 Å². The summed E-state index contributed by atoms with van der Waals surface area (Å²) in [6.45, 7) is 0. The van der Waals surface area contributed by atoms with Crippen LogP contribution in [0.3, 0.4) is 0 Å². The Bertz CT molecular complexity index is 2520. The molecule has 64 heteroatoms. The Hall–Kier alpha value is -4.19. The summed E-state index contributed by atoms with van der Waals surface area (Å²) in [7, 11) is -6.48. The Morgan fingerprint density at radius 1 is 0.110 bits per heavy atom. The zero-order valence-corrected chi connectivity index (χ0v) is 44.6. The van der Waals surface area contributed by atoms with E-state index in [4.69, 9.17) is 0 Å². The molecule has 0 spiro atoms. The number of rotatable bonds is 33. The third kappa shape index (κ3) is 12.3. The van der Waals surface area contributed by atoms with Gasteiger partial charge in [-0.3, -0.25) is 0 Å². The molecule has 0 saturated heterocycles. The highest BCUT2D eigenvalue weighted by molar-refractivity contribution is 6.58. The molecule has 0 aliphatic rings. The lowest BCUT2D eigenvalue weighted by Gasteiger charge is -2.45. The van der Waals surface area contributed by atoms with Gasteiger partial charge in [0, 0.05) is 28.1 Å². The van der Waals surface area contributed by atoms with Crippen molar-refractivity contribution in [2.45, 2.75) is 216 Å². The van der Waals surface area contributed by atoms with Crippen molar-refractivity contribution >= 4 is 8.80 Å². The minimum atomic E-state index is -10.2. The lowest BCUT2D eigenvalue weighted by molar-refractivity contribution is -0.474. The van der Waals surface area contributed by atoms with Gasteiger partial charge in [0.25, 0.3) is 0 Å². The molecular formula is C36H12F63Si. The van der Waals surface area contributed by atoms with E-state index < -0.39 is 225 Å². The van der Waals surface area contributed by atoms with Crippen LogP contribution in [0.5, 0.6) is 0 Å². The molecule has 0 saturated carbocycles. The van der Waals surface area contributed by atoms with Gasteiger partial charge >= 0.3 is 178 Å². The first kappa shape index (κ1) is 95.8. The Morgan fingerprint density at radius 2 is 0.190 bits per heavy atom. The smallest absolute Gasteiger partial charge is 0.200 e. The van der Waals surface area contributed by atoms with E-state index >= 15 is 0 Å². The summed E-state index contributed by atoms with van der Waals surface area (Å²) in [6, 6.07) is -12.2. The topological polar surface area (TPSA) is 0 Å². The van der Waals surface area contributed by atoms with Gasteiger partial charge in [0.1, 0.15) is 0 Å². The first-order valence-corrected chi connectivity index (χ1v) is 24.4. The van der Waals surface area contributed by atoms with Crippen LogP contribution in [0, 0.1) is 0 Å². The summed E-state index contributed by atoms with van der Waals surface area (Å²) in [4.78, 5) is 0. The van der Waals surface area contributed by atoms with Gasteiger partial charge in [0.15, 0.2) is 0 Å². The van der Waals surface area contributed by atoms with Gasteiger partial charge in [-0.05, 0) is 0 Å². The number of hydrogen-bond acceptors (Lipinski definition) is 0. The number of hydrogen-bond donors (Lipinski definition) is 0. The summed E-state index contributed by atoms with van der Waals surface area (Å²) in [5.41, 5.74) is 0. The van der Waals surface area contributed by atoms with Gasteiger partial charge in [-0.25, -0.2) is 0 Å². The lowest BCUT2D eigenvalue weighted by atomic mass is 9.86. The van der Waals surface area contributed by atoms with E-state index in [0.717, 1.165) is 0 Å². The van der Waals surface area contributed by atoms with Crippen LogP contribution in [0.25, 0.3) is 0 Å². The van der Waals surface area contributed by atoms with E-state index in [1.165, 1.54) is 0 Å². The predicted octanol–water partition coefficient (Wildman–Crippen LogP) is 22.5. The van der Waals surface area contributed by atoms with Crippen molar-refractivity contribution in [1.29, 1.82) is 0 Å². The molecule has 0 N–H and O–H groups in total. The summed E-state index contributed by atoms with van der Waals surface area (Å²) in [5.74, 6) is -262. The fraction of sp³-hybridized carbons (Fsp3) is 1.00. The largest absolute Gasteiger partial charge is 0.460 e. The molecule has 0 aliphatic carbocycles. The zero-order chi connectivity index (χ0) is 82.8. The maximum Gasteiger partial charge on any atom is 0.460 e. The molecule has 0 aliphatic heterocycles. The lowest BCUT2D eigenvalue weighted by Crippen LogP contribution is -2.76. The maximum absolute atomic E-state index is 14.8. The summed E-state index contributed by atoms with van der Waals surface area (Å²) < 4.78 is 872. The second kappa shape index (κ2) is 24.4. The van der Waals surface area contributed by atoms with E-state index in [2.05, 4.69) is 0 Å². The quantitative estimate of drug-likeness (QED) is 0.0454. The number of alkyl halides is 63. The average molecular weight is 1670 g/mol. The van der Waals surface area contributed by atoms with Crippen molar-refractivity contribution in [3.8, 4) is 0 Å². The molecule has 1 radical (unpaired) electrons. The van der Waals surface area contributed by atoms with Crippen LogP contribution in [0.4, 0.5) is 277 Å². The molecule has 0 atom stereocenters. The highest BCUT2D eigenvalue weighted by Crippen LogP contribution is 2.71. The van der Waals surface area contributed by atoms with Gasteiger partial charge in [-0.2, -0.15) is 277 Å². The summed E-state index contributed by atoms with van der Waals surface area (Å²) >= 11 is 0. The first-order chi connectivity index (χ1) is 42.0. The molecule has 0 aromatic heterocycles. The van der Waals surface area contributed by atoms with Crippen molar-refractivity contribution in [2.75, 3.05) is 0 Å².